The van der Waals surface area contributed by atoms with E-state index in [4.69, 9.17) is 0 Å². The van der Waals surface area contributed by atoms with Gasteiger partial charge in [-0.1, -0.05) is 43.6 Å². The Labute approximate surface area is 158 Å². The largest absolute Gasteiger partial charge is 0.507 e. The fraction of sp³-hybridized carbons (Fsp3) is 0.565. The highest BCUT2D eigenvalue weighted by molar-refractivity contribution is 5.73. The molecule has 3 heteroatoms. The van der Waals surface area contributed by atoms with Crippen LogP contribution in [0.4, 0.5) is 5.69 Å². The van der Waals surface area contributed by atoms with Gasteiger partial charge in [0, 0.05) is 24.6 Å². The first-order chi connectivity index (χ1) is 12.4. The molecule has 1 saturated heterocycles. The SMILES string of the molecule is C=C(C)C1CCC(C)=CC1c1c(O)cc(CCCCC)c(N2CC2)c1O. The Balaban J connectivity index is 2.05. The molecule has 1 heterocycles. The third kappa shape index (κ3) is 3.77. The van der Waals surface area contributed by atoms with Gasteiger partial charge in [-0.15, -0.1) is 0 Å². The molecule has 3 rings (SSSR count). The van der Waals surface area contributed by atoms with Gasteiger partial charge in [0.25, 0.3) is 0 Å². The van der Waals surface area contributed by atoms with Crippen molar-refractivity contribution in [3.63, 3.8) is 0 Å². The van der Waals surface area contributed by atoms with Crippen LogP contribution in [-0.2, 0) is 6.42 Å². The second-order valence-corrected chi connectivity index (χ2v) is 8.14. The van der Waals surface area contributed by atoms with Crippen molar-refractivity contribution in [1.82, 2.24) is 0 Å². The summed E-state index contributed by atoms with van der Waals surface area (Å²) in [6.07, 6.45) is 8.64. The standard InChI is InChI=1S/C23H33NO2/c1-5-6-7-8-17-14-20(25)21(23(26)22(17)24-11-12-24)19-13-16(4)9-10-18(19)15(2)3/h13-14,18-19,25-26H,2,5-12H2,1,3-4H3. The van der Waals surface area contributed by atoms with Gasteiger partial charge in [-0.25, -0.2) is 0 Å². The molecule has 3 nitrogen and oxygen atoms in total. The maximum absolute atomic E-state index is 11.2. The molecular formula is C23H33NO2. The maximum Gasteiger partial charge on any atom is 0.146 e. The van der Waals surface area contributed by atoms with Crippen LogP contribution < -0.4 is 4.90 Å². The van der Waals surface area contributed by atoms with E-state index in [1.54, 1.807) is 0 Å². The fourth-order valence-electron chi connectivity index (χ4n) is 4.33. The predicted octanol–water partition coefficient (Wildman–Crippen LogP) is 5.67. The normalized spacial score (nSPS) is 22.3. The molecule has 0 spiro atoms. The quantitative estimate of drug-likeness (QED) is 0.376. The van der Waals surface area contributed by atoms with Crippen LogP contribution in [0.15, 0.2) is 29.9 Å². The summed E-state index contributed by atoms with van der Waals surface area (Å²) in [5.74, 6) is 0.797. The van der Waals surface area contributed by atoms with Gasteiger partial charge in [-0.3, -0.25) is 0 Å². The smallest absolute Gasteiger partial charge is 0.146 e. The zero-order valence-corrected chi connectivity index (χ0v) is 16.5. The number of hydrogen-bond acceptors (Lipinski definition) is 3. The number of aromatic hydroxyl groups is 2. The van der Waals surface area contributed by atoms with Crippen molar-refractivity contribution >= 4 is 5.69 Å². The van der Waals surface area contributed by atoms with Gasteiger partial charge >= 0.3 is 0 Å². The van der Waals surface area contributed by atoms with Crippen LogP contribution in [0, 0.1) is 5.92 Å². The van der Waals surface area contributed by atoms with Crippen molar-refractivity contribution in [2.75, 3.05) is 18.0 Å². The van der Waals surface area contributed by atoms with Crippen LogP contribution in [0.3, 0.4) is 0 Å². The molecule has 0 amide bonds. The first kappa shape index (κ1) is 18.9. The highest BCUT2D eigenvalue weighted by Crippen LogP contribution is 2.51. The molecule has 1 aromatic carbocycles. The minimum atomic E-state index is 0.00430. The van der Waals surface area contributed by atoms with E-state index in [0.29, 0.717) is 5.56 Å². The van der Waals surface area contributed by atoms with Gasteiger partial charge in [0.05, 0.1) is 5.69 Å². The Morgan fingerprint density at radius 1 is 1.27 bits per heavy atom. The van der Waals surface area contributed by atoms with E-state index >= 15 is 0 Å². The third-order valence-electron chi connectivity index (χ3n) is 5.90. The summed E-state index contributed by atoms with van der Waals surface area (Å²) in [6.45, 7) is 12.5. The molecule has 2 atom stereocenters. The van der Waals surface area contributed by atoms with Crippen molar-refractivity contribution in [2.24, 2.45) is 5.92 Å². The van der Waals surface area contributed by atoms with Crippen molar-refractivity contribution in [2.45, 2.75) is 65.2 Å². The fourth-order valence-corrected chi connectivity index (χ4v) is 4.33. The average Bonchev–Trinajstić information content (AvgIpc) is 3.39. The number of phenols is 2. The van der Waals surface area contributed by atoms with Crippen molar-refractivity contribution in [3.8, 4) is 11.5 Å². The number of aryl methyl sites for hydroxylation is 1. The van der Waals surface area contributed by atoms with Gasteiger partial charge < -0.3 is 15.1 Å². The van der Waals surface area contributed by atoms with Gasteiger partial charge in [0.1, 0.15) is 11.5 Å². The van der Waals surface area contributed by atoms with Gasteiger partial charge in [-0.2, -0.15) is 0 Å². The molecule has 0 saturated carbocycles. The van der Waals surface area contributed by atoms with E-state index in [-0.39, 0.29) is 23.3 Å². The monoisotopic (exact) mass is 355 g/mol. The van der Waals surface area contributed by atoms with E-state index in [1.165, 1.54) is 18.4 Å². The predicted molar refractivity (Wildman–Crippen MR) is 109 cm³/mol. The molecule has 26 heavy (non-hydrogen) atoms. The summed E-state index contributed by atoms with van der Waals surface area (Å²) in [6, 6.07) is 1.91. The number of anilines is 1. The topological polar surface area (TPSA) is 43.5 Å². The Morgan fingerprint density at radius 3 is 2.62 bits per heavy atom. The van der Waals surface area contributed by atoms with Crippen LogP contribution in [0.1, 0.15) is 69.9 Å². The number of allylic oxidation sites excluding steroid dienone is 3. The van der Waals surface area contributed by atoms with E-state index in [2.05, 4.69) is 38.3 Å². The molecular weight excluding hydrogens is 322 g/mol. The molecule has 0 radical (unpaired) electrons. The highest BCUT2D eigenvalue weighted by Gasteiger charge is 2.34. The molecule has 2 unspecified atom stereocenters. The van der Waals surface area contributed by atoms with Crippen molar-refractivity contribution in [1.29, 1.82) is 0 Å². The summed E-state index contributed by atoms with van der Waals surface area (Å²) >= 11 is 0. The van der Waals surface area contributed by atoms with Crippen molar-refractivity contribution < 1.29 is 10.2 Å². The first-order valence-electron chi connectivity index (χ1n) is 10.1. The minimum absolute atomic E-state index is 0.00430. The molecule has 2 aliphatic rings. The molecule has 2 N–H and O–H groups in total. The van der Waals surface area contributed by atoms with Crippen LogP contribution in [0.25, 0.3) is 0 Å². The zero-order chi connectivity index (χ0) is 18.8. The second-order valence-electron chi connectivity index (χ2n) is 8.14. The van der Waals surface area contributed by atoms with Gasteiger partial charge in [0.2, 0.25) is 0 Å². The van der Waals surface area contributed by atoms with E-state index in [0.717, 1.165) is 55.6 Å². The maximum atomic E-state index is 11.2. The van der Waals surface area contributed by atoms with E-state index in [9.17, 15) is 10.2 Å². The summed E-state index contributed by atoms with van der Waals surface area (Å²) < 4.78 is 0. The second kappa shape index (κ2) is 7.77. The number of hydrogen-bond donors (Lipinski definition) is 2. The molecule has 1 aliphatic heterocycles. The van der Waals surface area contributed by atoms with E-state index in [1.807, 2.05) is 6.07 Å². The van der Waals surface area contributed by atoms with Crippen LogP contribution in [-0.4, -0.2) is 23.3 Å². The minimum Gasteiger partial charge on any atom is -0.507 e. The average molecular weight is 356 g/mol. The molecule has 1 fully saturated rings. The Kier molecular flexibility index (Phi) is 5.64. The summed E-state index contributed by atoms with van der Waals surface area (Å²) in [5.41, 5.74) is 5.17. The van der Waals surface area contributed by atoms with Crippen LogP contribution in [0.5, 0.6) is 11.5 Å². The zero-order valence-electron chi connectivity index (χ0n) is 16.5. The lowest BCUT2D eigenvalue weighted by atomic mass is 9.73. The number of phenolic OH excluding ortho intramolecular Hbond substituents is 2. The number of benzene rings is 1. The van der Waals surface area contributed by atoms with Crippen molar-refractivity contribution in [3.05, 3.63) is 41.0 Å². The molecule has 1 aromatic rings. The Hall–Kier alpha value is -1.90. The Bertz CT molecular complexity index is 715. The lowest BCUT2D eigenvalue weighted by Gasteiger charge is -2.32. The Morgan fingerprint density at radius 2 is 2.00 bits per heavy atom. The summed E-state index contributed by atoms with van der Waals surface area (Å²) in [5, 5.41) is 22.1. The molecule has 0 bridgehead atoms. The molecule has 1 aliphatic carbocycles. The number of unbranched alkanes of at least 4 members (excludes halogenated alkanes) is 2. The van der Waals surface area contributed by atoms with Crippen LogP contribution in [0.2, 0.25) is 0 Å². The first-order valence-corrected chi connectivity index (χ1v) is 10.1. The van der Waals surface area contributed by atoms with Gasteiger partial charge in [-0.05, 0) is 57.1 Å². The summed E-state index contributed by atoms with van der Waals surface area (Å²) in [4.78, 5) is 2.22. The van der Waals surface area contributed by atoms with Crippen LogP contribution >= 0.6 is 0 Å². The highest BCUT2D eigenvalue weighted by atomic mass is 16.3. The third-order valence-corrected chi connectivity index (χ3v) is 5.90. The number of nitrogens with zero attached hydrogens (tertiary/aromatic N) is 1. The lowest BCUT2D eigenvalue weighted by Crippen LogP contribution is -2.17. The lowest BCUT2D eigenvalue weighted by molar-refractivity contribution is 0.406. The van der Waals surface area contributed by atoms with E-state index < -0.39 is 0 Å². The molecule has 142 valence electrons. The summed E-state index contributed by atoms with van der Waals surface area (Å²) in [7, 11) is 0. The molecule has 0 aromatic heterocycles. The number of rotatable bonds is 7. The van der Waals surface area contributed by atoms with Gasteiger partial charge in [0.15, 0.2) is 0 Å².